The highest BCUT2D eigenvalue weighted by atomic mass is 16.3. The molecule has 1 aliphatic heterocycles. The van der Waals surface area contributed by atoms with Gasteiger partial charge >= 0.3 is 0 Å². The molecule has 0 spiro atoms. The molecule has 0 unspecified atom stereocenters. The quantitative estimate of drug-likeness (QED) is 0.342. The fourth-order valence-corrected chi connectivity index (χ4v) is 3.08. The van der Waals surface area contributed by atoms with Gasteiger partial charge in [0.2, 0.25) is 5.91 Å². The maximum absolute atomic E-state index is 12.1. The van der Waals surface area contributed by atoms with Gasteiger partial charge in [0.1, 0.15) is 0 Å². The van der Waals surface area contributed by atoms with Gasteiger partial charge in [-0.25, -0.2) is 0 Å². The van der Waals surface area contributed by atoms with Crippen LogP contribution >= 0.6 is 0 Å². The number of aliphatic hydroxyl groups excluding tert-OH is 2. The van der Waals surface area contributed by atoms with Gasteiger partial charge in [0, 0.05) is 32.4 Å². The average Bonchev–Trinajstić information content (AvgIpc) is 2.96. The van der Waals surface area contributed by atoms with E-state index >= 15 is 0 Å². The van der Waals surface area contributed by atoms with E-state index < -0.39 is 6.10 Å². The van der Waals surface area contributed by atoms with Gasteiger partial charge in [-0.15, -0.1) is 11.8 Å². The summed E-state index contributed by atoms with van der Waals surface area (Å²) >= 11 is 0. The third kappa shape index (κ3) is 8.56. The lowest BCUT2D eigenvalue weighted by molar-refractivity contribution is -0.128. The van der Waals surface area contributed by atoms with Gasteiger partial charge in [-0.05, 0) is 25.2 Å². The van der Waals surface area contributed by atoms with Crippen molar-refractivity contribution in [2.45, 2.75) is 83.8 Å². The minimum Gasteiger partial charge on any atom is -0.396 e. The molecular formula is C21H35NO3. The van der Waals surface area contributed by atoms with Crippen LogP contribution in [-0.4, -0.2) is 46.3 Å². The molecule has 25 heavy (non-hydrogen) atoms. The van der Waals surface area contributed by atoms with E-state index in [1.807, 2.05) is 30.9 Å². The van der Waals surface area contributed by atoms with Crippen molar-refractivity contribution in [3.05, 3.63) is 12.2 Å². The van der Waals surface area contributed by atoms with Crippen LogP contribution in [0.4, 0.5) is 0 Å². The first-order chi connectivity index (χ1) is 12.1. The molecule has 2 N–H and O–H groups in total. The zero-order valence-electron chi connectivity index (χ0n) is 15.9. The summed E-state index contributed by atoms with van der Waals surface area (Å²) in [5.74, 6) is 6.45. The number of unbranched alkanes of at least 4 members (excludes halogenated alkanes) is 4. The minimum absolute atomic E-state index is 0.104. The third-order valence-corrected chi connectivity index (χ3v) is 4.77. The lowest BCUT2D eigenvalue weighted by atomic mass is 10.00. The molecular weight excluding hydrogens is 314 g/mol. The molecule has 3 atom stereocenters. The second-order valence-corrected chi connectivity index (χ2v) is 6.95. The van der Waals surface area contributed by atoms with Crippen LogP contribution in [0.25, 0.3) is 0 Å². The molecule has 0 aromatic carbocycles. The Hall–Kier alpha value is -1.31. The van der Waals surface area contributed by atoms with Crippen LogP contribution in [0.3, 0.4) is 0 Å². The topological polar surface area (TPSA) is 60.8 Å². The van der Waals surface area contributed by atoms with Gasteiger partial charge in [-0.3, -0.25) is 4.79 Å². The highest BCUT2D eigenvalue weighted by Crippen LogP contribution is 2.21. The van der Waals surface area contributed by atoms with Crippen LogP contribution in [-0.2, 0) is 4.79 Å². The summed E-state index contributed by atoms with van der Waals surface area (Å²) in [4.78, 5) is 14.0. The number of aliphatic hydroxyl groups is 2. The highest BCUT2D eigenvalue weighted by Gasteiger charge is 2.28. The van der Waals surface area contributed by atoms with E-state index in [1.165, 1.54) is 0 Å². The van der Waals surface area contributed by atoms with E-state index in [0.717, 1.165) is 51.5 Å². The summed E-state index contributed by atoms with van der Waals surface area (Å²) in [5, 5.41) is 19.0. The summed E-state index contributed by atoms with van der Waals surface area (Å²) in [5.41, 5.74) is 0. The molecule has 142 valence electrons. The number of hydrogen-bond acceptors (Lipinski definition) is 3. The predicted octanol–water partition coefficient (Wildman–Crippen LogP) is 3.28. The van der Waals surface area contributed by atoms with Gasteiger partial charge < -0.3 is 15.1 Å². The van der Waals surface area contributed by atoms with Gasteiger partial charge in [-0.1, -0.05) is 45.3 Å². The fourth-order valence-electron chi connectivity index (χ4n) is 3.08. The number of carbonyl (C=O) groups excluding carboxylic acids is 1. The predicted molar refractivity (Wildman–Crippen MR) is 102 cm³/mol. The molecule has 0 aromatic rings. The largest absolute Gasteiger partial charge is 0.396 e. The normalized spacial score (nSPS) is 19.9. The summed E-state index contributed by atoms with van der Waals surface area (Å²) in [6.07, 6.45) is 11.5. The maximum Gasteiger partial charge on any atom is 0.223 e. The van der Waals surface area contributed by atoms with Crippen molar-refractivity contribution in [3.63, 3.8) is 0 Å². The molecule has 4 nitrogen and oxygen atoms in total. The second kappa shape index (κ2) is 13.0. The van der Waals surface area contributed by atoms with E-state index in [2.05, 4.69) is 11.8 Å². The lowest BCUT2D eigenvalue weighted by Gasteiger charge is -2.23. The molecule has 0 aliphatic carbocycles. The molecule has 4 heteroatoms. The van der Waals surface area contributed by atoms with Crippen LogP contribution in [0, 0.1) is 17.8 Å². The maximum atomic E-state index is 12.1. The number of amides is 1. The Kier molecular flexibility index (Phi) is 11.3. The van der Waals surface area contributed by atoms with Crippen LogP contribution in [0.1, 0.15) is 71.6 Å². The first-order valence-corrected chi connectivity index (χ1v) is 9.82. The number of hydrogen-bond donors (Lipinski definition) is 2. The number of nitrogens with zero attached hydrogens (tertiary/aromatic N) is 1. The Balaban J connectivity index is 2.40. The van der Waals surface area contributed by atoms with Gasteiger partial charge in [0.05, 0.1) is 12.1 Å². The second-order valence-electron chi connectivity index (χ2n) is 6.95. The molecule has 1 amide bonds. The zero-order chi connectivity index (χ0) is 18.5. The van der Waals surface area contributed by atoms with Crippen molar-refractivity contribution < 1.29 is 15.0 Å². The Morgan fingerprint density at radius 2 is 1.96 bits per heavy atom. The molecule has 0 aromatic heterocycles. The Labute approximate surface area is 153 Å². The van der Waals surface area contributed by atoms with Crippen LogP contribution in [0.2, 0.25) is 0 Å². The van der Waals surface area contributed by atoms with Gasteiger partial charge in [-0.2, -0.15) is 0 Å². The van der Waals surface area contributed by atoms with Crippen molar-refractivity contribution in [1.29, 1.82) is 0 Å². The molecule has 0 radical (unpaired) electrons. The van der Waals surface area contributed by atoms with E-state index in [-0.39, 0.29) is 24.5 Å². The number of rotatable bonds is 11. The first-order valence-electron chi connectivity index (χ1n) is 9.82. The average molecular weight is 350 g/mol. The van der Waals surface area contributed by atoms with Crippen LogP contribution in [0.5, 0.6) is 0 Å². The van der Waals surface area contributed by atoms with Crippen LogP contribution < -0.4 is 0 Å². The number of carbonyl (C=O) groups is 1. The van der Waals surface area contributed by atoms with E-state index in [0.29, 0.717) is 12.8 Å². The van der Waals surface area contributed by atoms with E-state index in [9.17, 15) is 9.90 Å². The van der Waals surface area contributed by atoms with Crippen molar-refractivity contribution in [1.82, 2.24) is 4.90 Å². The molecule has 0 bridgehead atoms. The van der Waals surface area contributed by atoms with Gasteiger partial charge in [0.15, 0.2) is 0 Å². The molecule has 0 saturated carbocycles. The van der Waals surface area contributed by atoms with Crippen molar-refractivity contribution in [2.24, 2.45) is 5.92 Å². The Morgan fingerprint density at radius 1 is 1.24 bits per heavy atom. The van der Waals surface area contributed by atoms with Gasteiger partial charge in [0.25, 0.3) is 0 Å². The van der Waals surface area contributed by atoms with Crippen molar-refractivity contribution in [2.75, 3.05) is 13.2 Å². The zero-order valence-corrected chi connectivity index (χ0v) is 15.9. The molecule has 1 heterocycles. The van der Waals surface area contributed by atoms with E-state index in [1.54, 1.807) is 0 Å². The lowest BCUT2D eigenvalue weighted by Crippen LogP contribution is -2.33. The van der Waals surface area contributed by atoms with Crippen LogP contribution in [0.15, 0.2) is 12.2 Å². The Bertz CT molecular complexity index is 463. The van der Waals surface area contributed by atoms with Crippen molar-refractivity contribution in [3.8, 4) is 11.8 Å². The highest BCUT2D eigenvalue weighted by molar-refractivity contribution is 5.79. The first kappa shape index (κ1) is 21.7. The Morgan fingerprint density at radius 3 is 2.68 bits per heavy atom. The van der Waals surface area contributed by atoms with E-state index in [4.69, 9.17) is 5.11 Å². The molecule has 1 fully saturated rings. The third-order valence-electron chi connectivity index (χ3n) is 4.77. The van der Waals surface area contributed by atoms with Crippen molar-refractivity contribution >= 4 is 5.91 Å². The SMILES string of the molecule is CCC#CC[C@H](C)[C@H](O)C=C[C@H]1CCC(=O)N1CCCCCCCO. The molecule has 1 aliphatic rings. The number of likely N-dealkylation sites (tertiary alicyclic amines) is 1. The monoisotopic (exact) mass is 349 g/mol. The summed E-state index contributed by atoms with van der Waals surface area (Å²) in [6.45, 7) is 5.08. The molecule has 1 saturated heterocycles. The summed E-state index contributed by atoms with van der Waals surface area (Å²) in [6, 6.07) is 0.119. The smallest absolute Gasteiger partial charge is 0.223 e. The summed E-state index contributed by atoms with van der Waals surface area (Å²) in [7, 11) is 0. The fraction of sp³-hybridized carbons (Fsp3) is 0.762. The minimum atomic E-state index is -0.512. The molecule has 1 rings (SSSR count). The standard InChI is InChI=1S/C21H35NO3/c1-3-4-8-11-18(2)20(24)14-12-19-13-15-21(25)22(19)16-9-6-5-7-10-17-23/h12,14,18-20,23-24H,3,5-7,9-11,13,15-17H2,1-2H3/t18-,19-,20+/m0/s1. The summed E-state index contributed by atoms with van der Waals surface area (Å²) < 4.78 is 0.